The normalized spacial score (nSPS) is 19.8. The second-order valence-electron chi connectivity index (χ2n) is 6.66. The van der Waals surface area contributed by atoms with Crippen molar-refractivity contribution in [1.82, 2.24) is 4.90 Å². The summed E-state index contributed by atoms with van der Waals surface area (Å²) in [6, 6.07) is 17.7. The van der Waals surface area contributed by atoms with E-state index in [1.807, 2.05) is 0 Å². The maximum absolute atomic E-state index is 10.9. The number of piperazine rings is 1. The first-order valence-electron chi connectivity index (χ1n) is 8.59. The summed E-state index contributed by atoms with van der Waals surface area (Å²) < 4.78 is 0. The Bertz CT molecular complexity index is 759. The summed E-state index contributed by atoms with van der Waals surface area (Å²) in [6.07, 6.45) is 1.18. The summed E-state index contributed by atoms with van der Waals surface area (Å²) in [5.41, 5.74) is 5.48. The Labute approximate surface area is 142 Å². The minimum absolute atomic E-state index is 0.213. The van der Waals surface area contributed by atoms with Crippen LogP contribution in [0.25, 0.3) is 0 Å². The number of carbonyl (C=O) groups is 1. The zero-order valence-corrected chi connectivity index (χ0v) is 13.7. The van der Waals surface area contributed by atoms with E-state index in [9.17, 15) is 4.79 Å². The highest BCUT2D eigenvalue weighted by Gasteiger charge is 2.32. The number of hydrogen-bond acceptors (Lipinski definition) is 3. The number of carboxylic acid groups (broad SMARTS) is 1. The number of anilines is 1. The molecular weight excluding hydrogens is 300 g/mol. The molecule has 0 aliphatic carbocycles. The number of para-hydroxylation sites is 1. The van der Waals surface area contributed by atoms with Crippen molar-refractivity contribution >= 4 is 11.7 Å². The van der Waals surface area contributed by atoms with Crippen molar-refractivity contribution < 1.29 is 9.90 Å². The Balaban J connectivity index is 1.70. The molecule has 124 valence electrons. The monoisotopic (exact) mass is 322 g/mol. The van der Waals surface area contributed by atoms with E-state index in [4.69, 9.17) is 5.11 Å². The molecule has 4 nitrogen and oxygen atoms in total. The molecule has 2 aromatic carbocycles. The van der Waals surface area contributed by atoms with Gasteiger partial charge in [-0.05, 0) is 29.2 Å². The Morgan fingerprint density at radius 3 is 2.62 bits per heavy atom. The summed E-state index contributed by atoms with van der Waals surface area (Å²) in [5.74, 6) is -0.718. The van der Waals surface area contributed by atoms with Crippen LogP contribution >= 0.6 is 0 Å². The highest BCUT2D eigenvalue weighted by molar-refractivity contribution is 5.67. The summed E-state index contributed by atoms with van der Waals surface area (Å²) >= 11 is 0. The molecule has 24 heavy (non-hydrogen) atoms. The van der Waals surface area contributed by atoms with Gasteiger partial charge in [-0.3, -0.25) is 9.69 Å². The van der Waals surface area contributed by atoms with Crippen molar-refractivity contribution in [3.05, 3.63) is 65.2 Å². The van der Waals surface area contributed by atoms with Crippen molar-refractivity contribution in [1.29, 1.82) is 0 Å². The van der Waals surface area contributed by atoms with Crippen molar-refractivity contribution in [3.8, 4) is 0 Å². The minimum atomic E-state index is -0.718. The maximum Gasteiger partial charge on any atom is 0.304 e. The third kappa shape index (κ3) is 2.78. The van der Waals surface area contributed by atoms with Gasteiger partial charge < -0.3 is 10.0 Å². The van der Waals surface area contributed by atoms with Crippen LogP contribution in [0.3, 0.4) is 0 Å². The molecule has 2 aliphatic rings. The summed E-state index contributed by atoms with van der Waals surface area (Å²) in [7, 11) is 0. The first-order valence-corrected chi connectivity index (χ1v) is 8.59. The number of rotatable bonds is 3. The fraction of sp³-hybridized carbons (Fsp3) is 0.350. The van der Waals surface area contributed by atoms with E-state index in [1.165, 1.54) is 22.4 Å². The van der Waals surface area contributed by atoms with Crippen LogP contribution in [0.15, 0.2) is 48.5 Å². The quantitative estimate of drug-likeness (QED) is 0.943. The first-order chi connectivity index (χ1) is 11.7. The highest BCUT2D eigenvalue weighted by atomic mass is 16.4. The number of hydrogen-bond donors (Lipinski definition) is 1. The molecule has 1 N–H and O–H groups in total. The number of fused-ring (bicyclic) bond motifs is 5. The zero-order chi connectivity index (χ0) is 16.5. The average molecular weight is 322 g/mol. The van der Waals surface area contributed by atoms with Crippen molar-refractivity contribution in [2.45, 2.75) is 18.9 Å². The standard InChI is InChI=1S/C20H22N2O2/c23-20(24)9-10-21-11-12-22-18-8-4-2-6-16(18)13-15-5-1-3-7-17(15)19(22)14-21/h1-8,19H,9-14H2,(H,23,24). The lowest BCUT2D eigenvalue weighted by molar-refractivity contribution is -0.137. The highest BCUT2D eigenvalue weighted by Crippen LogP contribution is 2.38. The van der Waals surface area contributed by atoms with E-state index in [-0.39, 0.29) is 6.42 Å². The van der Waals surface area contributed by atoms with Crippen LogP contribution in [0.4, 0.5) is 5.69 Å². The molecule has 0 amide bonds. The van der Waals surface area contributed by atoms with Gasteiger partial charge in [0, 0.05) is 31.9 Å². The van der Waals surface area contributed by atoms with Crippen LogP contribution in [0.2, 0.25) is 0 Å². The summed E-state index contributed by atoms with van der Waals surface area (Å²) in [6.45, 7) is 3.37. The molecule has 0 spiro atoms. The van der Waals surface area contributed by atoms with Gasteiger partial charge in [-0.25, -0.2) is 0 Å². The molecular formula is C20H22N2O2. The molecule has 4 heteroatoms. The number of nitrogens with zero attached hydrogens (tertiary/aromatic N) is 2. The lowest BCUT2D eigenvalue weighted by Gasteiger charge is -2.43. The molecule has 0 bridgehead atoms. The lowest BCUT2D eigenvalue weighted by Crippen LogP contribution is -2.49. The molecule has 0 aromatic heterocycles. The van der Waals surface area contributed by atoms with Gasteiger partial charge in [-0.15, -0.1) is 0 Å². The van der Waals surface area contributed by atoms with Gasteiger partial charge in [0.1, 0.15) is 0 Å². The maximum atomic E-state index is 10.9. The van der Waals surface area contributed by atoms with Gasteiger partial charge in [0.05, 0.1) is 12.5 Å². The summed E-state index contributed by atoms with van der Waals surface area (Å²) in [4.78, 5) is 15.7. The third-order valence-electron chi connectivity index (χ3n) is 5.20. The van der Waals surface area contributed by atoms with Crippen LogP contribution in [0.1, 0.15) is 29.2 Å². The van der Waals surface area contributed by atoms with E-state index in [0.29, 0.717) is 12.6 Å². The zero-order valence-electron chi connectivity index (χ0n) is 13.7. The molecule has 0 saturated carbocycles. The lowest BCUT2D eigenvalue weighted by atomic mass is 9.96. The van der Waals surface area contributed by atoms with Gasteiger partial charge in [-0.2, -0.15) is 0 Å². The van der Waals surface area contributed by atoms with E-state index < -0.39 is 5.97 Å². The molecule has 1 atom stereocenters. The molecule has 2 aliphatic heterocycles. The smallest absolute Gasteiger partial charge is 0.304 e. The van der Waals surface area contributed by atoms with Crippen molar-refractivity contribution in [2.75, 3.05) is 31.1 Å². The van der Waals surface area contributed by atoms with Crippen molar-refractivity contribution in [3.63, 3.8) is 0 Å². The fourth-order valence-electron chi connectivity index (χ4n) is 4.02. The number of aliphatic carboxylic acids is 1. The predicted octanol–water partition coefficient (Wildman–Crippen LogP) is 2.93. The van der Waals surface area contributed by atoms with E-state index in [1.54, 1.807) is 0 Å². The van der Waals surface area contributed by atoms with Crippen molar-refractivity contribution in [2.24, 2.45) is 0 Å². The van der Waals surface area contributed by atoms with Gasteiger partial charge in [-0.1, -0.05) is 42.5 Å². The SMILES string of the molecule is O=C(O)CCN1CCN2c3ccccc3Cc3ccccc3C2C1. The average Bonchev–Trinajstić information content (AvgIpc) is 2.74. The topological polar surface area (TPSA) is 43.8 Å². The van der Waals surface area contributed by atoms with E-state index in [2.05, 4.69) is 58.3 Å². The Morgan fingerprint density at radius 2 is 1.79 bits per heavy atom. The fourth-order valence-corrected chi connectivity index (χ4v) is 4.02. The van der Waals surface area contributed by atoms with Crippen LogP contribution in [-0.2, 0) is 11.2 Å². The number of benzene rings is 2. The minimum Gasteiger partial charge on any atom is -0.481 e. The first kappa shape index (κ1) is 15.2. The van der Waals surface area contributed by atoms with E-state index in [0.717, 1.165) is 26.1 Å². The molecule has 1 fully saturated rings. The largest absolute Gasteiger partial charge is 0.481 e. The summed E-state index contributed by atoms with van der Waals surface area (Å²) in [5, 5.41) is 8.97. The second kappa shape index (κ2) is 6.29. The van der Waals surface area contributed by atoms with Crippen LogP contribution in [0, 0.1) is 0 Å². The predicted molar refractivity (Wildman–Crippen MR) is 94.5 cm³/mol. The number of carboxylic acids is 1. The molecule has 1 unspecified atom stereocenters. The molecule has 1 saturated heterocycles. The molecule has 2 aromatic rings. The van der Waals surface area contributed by atoms with Crippen LogP contribution in [-0.4, -0.2) is 42.2 Å². The van der Waals surface area contributed by atoms with Crippen LogP contribution < -0.4 is 4.90 Å². The van der Waals surface area contributed by atoms with Gasteiger partial charge in [0.15, 0.2) is 0 Å². The Kier molecular flexibility index (Phi) is 3.98. The van der Waals surface area contributed by atoms with Gasteiger partial charge in [0.2, 0.25) is 0 Å². The third-order valence-corrected chi connectivity index (χ3v) is 5.20. The Morgan fingerprint density at radius 1 is 1.04 bits per heavy atom. The molecule has 0 radical (unpaired) electrons. The second-order valence-corrected chi connectivity index (χ2v) is 6.66. The molecule has 2 heterocycles. The van der Waals surface area contributed by atoms with E-state index >= 15 is 0 Å². The molecule has 4 rings (SSSR count). The van der Waals surface area contributed by atoms with Gasteiger partial charge in [0.25, 0.3) is 0 Å². The van der Waals surface area contributed by atoms with Gasteiger partial charge >= 0.3 is 5.97 Å². The van der Waals surface area contributed by atoms with Crippen LogP contribution in [0.5, 0.6) is 0 Å². The Hall–Kier alpha value is -2.33.